The van der Waals surface area contributed by atoms with Crippen LogP contribution in [0.2, 0.25) is 0 Å². The Morgan fingerprint density at radius 2 is 2.17 bits per heavy atom. The number of carbonyl (C=O) groups excluding carboxylic acids is 1. The van der Waals surface area contributed by atoms with Crippen molar-refractivity contribution in [1.82, 2.24) is 14.9 Å². The van der Waals surface area contributed by atoms with Crippen molar-refractivity contribution in [2.24, 2.45) is 0 Å². The molecule has 6 nitrogen and oxygen atoms in total. The number of nitrogens with zero attached hydrogens (tertiary/aromatic N) is 3. The van der Waals surface area contributed by atoms with Crippen LogP contribution in [0.5, 0.6) is 0 Å². The molecule has 1 atom stereocenters. The molecule has 29 heavy (non-hydrogen) atoms. The molecule has 6 heteroatoms. The van der Waals surface area contributed by atoms with Gasteiger partial charge >= 0.3 is 0 Å². The fourth-order valence-corrected chi connectivity index (χ4v) is 4.40. The number of aliphatic hydroxyl groups is 1. The number of likely N-dealkylation sites (tertiary alicyclic amines) is 1. The fourth-order valence-electron chi connectivity index (χ4n) is 4.40. The predicted molar refractivity (Wildman–Crippen MR) is 111 cm³/mol. The molecule has 1 saturated heterocycles. The second-order valence-corrected chi connectivity index (χ2v) is 8.60. The van der Waals surface area contributed by atoms with E-state index in [1.165, 1.54) is 0 Å². The molecule has 1 aromatic carbocycles. The van der Waals surface area contributed by atoms with E-state index in [0.717, 1.165) is 49.0 Å². The van der Waals surface area contributed by atoms with Gasteiger partial charge in [-0.15, -0.1) is 0 Å². The first-order valence-corrected chi connectivity index (χ1v) is 10.0. The molecule has 1 aromatic heterocycles. The lowest BCUT2D eigenvalue weighted by Gasteiger charge is -2.40. The first-order chi connectivity index (χ1) is 13.8. The summed E-state index contributed by atoms with van der Waals surface area (Å²) in [6.45, 7) is 4.65. The van der Waals surface area contributed by atoms with E-state index in [0.29, 0.717) is 18.1 Å². The molecule has 0 saturated carbocycles. The average molecular weight is 390 g/mol. The van der Waals surface area contributed by atoms with E-state index >= 15 is 0 Å². The van der Waals surface area contributed by atoms with Crippen LogP contribution in [-0.2, 0) is 11.8 Å². The number of rotatable bonds is 1. The van der Waals surface area contributed by atoms with Gasteiger partial charge in [-0.25, -0.2) is 9.97 Å². The molecule has 2 heterocycles. The molecule has 1 aliphatic carbocycles. The van der Waals surface area contributed by atoms with Crippen LogP contribution < -0.4 is 5.73 Å². The zero-order valence-electron chi connectivity index (χ0n) is 16.9. The summed E-state index contributed by atoms with van der Waals surface area (Å²) in [5.41, 5.74) is 8.16. The molecule has 1 unspecified atom stereocenters. The molecule has 4 rings (SSSR count). The number of carbonyl (C=O) groups is 1. The third-order valence-electron chi connectivity index (χ3n) is 5.74. The summed E-state index contributed by atoms with van der Waals surface area (Å²) >= 11 is 0. The number of aryl methyl sites for hydroxylation is 1. The first-order valence-electron chi connectivity index (χ1n) is 10.0. The normalized spacial score (nSPS) is 20.9. The van der Waals surface area contributed by atoms with Gasteiger partial charge in [0.1, 0.15) is 5.60 Å². The number of piperidine rings is 1. The number of nitrogen functional groups attached to an aromatic ring is 1. The summed E-state index contributed by atoms with van der Waals surface area (Å²) in [5.74, 6) is 6.05. The van der Waals surface area contributed by atoms with Crippen molar-refractivity contribution < 1.29 is 9.90 Å². The zero-order chi connectivity index (χ0) is 20.6. The molecule has 3 N–H and O–H groups in total. The standard InChI is InChI=1S/C23H26N4O2/c1-22(2,29)10-7-16-5-3-6-17(13-16)20(28)27-12-4-9-23(15-27)11-8-18-14-25-21(24)26-19(18)23/h3,5-6,13-14,29H,4,8-9,11-12,15H2,1-2H3,(H2,24,25,26). The van der Waals surface area contributed by atoms with Crippen LogP contribution in [0.3, 0.4) is 0 Å². The van der Waals surface area contributed by atoms with Gasteiger partial charge in [0, 0.05) is 35.8 Å². The van der Waals surface area contributed by atoms with Gasteiger partial charge in [-0.3, -0.25) is 4.79 Å². The van der Waals surface area contributed by atoms with Gasteiger partial charge in [-0.05, 0) is 63.3 Å². The number of nitrogens with two attached hydrogens (primary N) is 1. The molecule has 0 bridgehead atoms. The van der Waals surface area contributed by atoms with Crippen LogP contribution in [-0.4, -0.2) is 44.6 Å². The van der Waals surface area contributed by atoms with Crippen molar-refractivity contribution in [2.75, 3.05) is 18.8 Å². The third-order valence-corrected chi connectivity index (χ3v) is 5.74. The second kappa shape index (κ2) is 7.16. The smallest absolute Gasteiger partial charge is 0.253 e. The number of aromatic nitrogens is 2. The largest absolute Gasteiger partial charge is 0.378 e. The summed E-state index contributed by atoms with van der Waals surface area (Å²) in [7, 11) is 0. The van der Waals surface area contributed by atoms with E-state index in [1.54, 1.807) is 19.9 Å². The van der Waals surface area contributed by atoms with Crippen LogP contribution in [0.4, 0.5) is 5.95 Å². The molecule has 2 aliphatic rings. The van der Waals surface area contributed by atoms with Crippen molar-refractivity contribution in [3.8, 4) is 11.8 Å². The van der Waals surface area contributed by atoms with Gasteiger partial charge in [0.2, 0.25) is 5.95 Å². The Kier molecular flexibility index (Phi) is 4.79. The summed E-state index contributed by atoms with van der Waals surface area (Å²) in [6.07, 6.45) is 5.68. The van der Waals surface area contributed by atoms with E-state index in [9.17, 15) is 9.90 Å². The molecule has 1 fully saturated rings. The molecule has 2 aromatic rings. The van der Waals surface area contributed by atoms with Gasteiger partial charge in [-0.1, -0.05) is 17.9 Å². The minimum atomic E-state index is -1.07. The number of amides is 1. The quantitative estimate of drug-likeness (QED) is 0.729. The van der Waals surface area contributed by atoms with Crippen molar-refractivity contribution in [3.63, 3.8) is 0 Å². The molecular formula is C23H26N4O2. The van der Waals surface area contributed by atoms with Crippen LogP contribution in [0.1, 0.15) is 60.3 Å². The monoisotopic (exact) mass is 390 g/mol. The van der Waals surface area contributed by atoms with Crippen molar-refractivity contribution in [1.29, 1.82) is 0 Å². The summed E-state index contributed by atoms with van der Waals surface area (Å²) in [5, 5.41) is 9.81. The number of anilines is 1. The Balaban J connectivity index is 1.58. The minimum Gasteiger partial charge on any atom is -0.378 e. The fraction of sp³-hybridized carbons (Fsp3) is 0.435. The topological polar surface area (TPSA) is 92.3 Å². The molecule has 0 radical (unpaired) electrons. The lowest BCUT2D eigenvalue weighted by molar-refractivity contribution is 0.0633. The minimum absolute atomic E-state index is 0.00598. The first kappa shape index (κ1) is 19.4. The SMILES string of the molecule is CC(C)(O)C#Cc1cccc(C(=O)N2CCCC3(CCc4cnc(N)nc43)C2)c1. The zero-order valence-corrected chi connectivity index (χ0v) is 16.9. The number of hydrogen-bond acceptors (Lipinski definition) is 5. The Morgan fingerprint density at radius 3 is 2.97 bits per heavy atom. The van der Waals surface area contributed by atoms with E-state index in [2.05, 4.69) is 21.8 Å². The second-order valence-electron chi connectivity index (χ2n) is 8.60. The van der Waals surface area contributed by atoms with Gasteiger partial charge in [0.25, 0.3) is 5.91 Å². The lowest BCUT2D eigenvalue weighted by atomic mass is 9.77. The predicted octanol–water partition coefficient (Wildman–Crippen LogP) is 2.30. The van der Waals surface area contributed by atoms with Gasteiger partial charge in [-0.2, -0.15) is 0 Å². The van der Waals surface area contributed by atoms with Gasteiger partial charge in [0.05, 0.1) is 5.69 Å². The van der Waals surface area contributed by atoms with Crippen LogP contribution in [0.15, 0.2) is 30.5 Å². The van der Waals surface area contributed by atoms with Crippen LogP contribution in [0, 0.1) is 11.8 Å². The third kappa shape index (κ3) is 3.96. The molecule has 1 spiro atoms. The highest BCUT2D eigenvalue weighted by atomic mass is 16.3. The average Bonchev–Trinajstić information content (AvgIpc) is 3.03. The van der Waals surface area contributed by atoms with Crippen molar-refractivity contribution in [2.45, 2.75) is 50.5 Å². The summed E-state index contributed by atoms with van der Waals surface area (Å²) in [4.78, 5) is 23.8. The number of hydrogen-bond donors (Lipinski definition) is 2. The maximum Gasteiger partial charge on any atom is 0.253 e. The Hall–Kier alpha value is -2.91. The highest BCUT2D eigenvalue weighted by Crippen LogP contribution is 2.44. The molecule has 150 valence electrons. The lowest BCUT2D eigenvalue weighted by Crippen LogP contribution is -2.48. The van der Waals surface area contributed by atoms with E-state index in [-0.39, 0.29) is 11.3 Å². The van der Waals surface area contributed by atoms with Gasteiger partial charge in [0.15, 0.2) is 0 Å². The van der Waals surface area contributed by atoms with Gasteiger partial charge < -0.3 is 15.7 Å². The van der Waals surface area contributed by atoms with E-state index in [4.69, 9.17) is 5.73 Å². The molecule has 1 amide bonds. The molecule has 1 aliphatic heterocycles. The van der Waals surface area contributed by atoms with E-state index < -0.39 is 5.60 Å². The van der Waals surface area contributed by atoms with Crippen molar-refractivity contribution in [3.05, 3.63) is 52.8 Å². The van der Waals surface area contributed by atoms with Crippen LogP contribution in [0.25, 0.3) is 0 Å². The maximum atomic E-state index is 13.2. The number of fused-ring (bicyclic) bond motifs is 2. The number of benzene rings is 1. The summed E-state index contributed by atoms with van der Waals surface area (Å²) in [6, 6.07) is 7.30. The maximum absolute atomic E-state index is 13.2. The highest BCUT2D eigenvalue weighted by Gasteiger charge is 2.44. The Bertz CT molecular complexity index is 1010. The summed E-state index contributed by atoms with van der Waals surface area (Å²) < 4.78 is 0. The highest BCUT2D eigenvalue weighted by molar-refractivity contribution is 5.94. The Labute approximate surface area is 171 Å². The van der Waals surface area contributed by atoms with E-state index in [1.807, 2.05) is 29.3 Å². The van der Waals surface area contributed by atoms with Crippen molar-refractivity contribution >= 4 is 11.9 Å². The Morgan fingerprint density at radius 1 is 1.34 bits per heavy atom. The molecular weight excluding hydrogens is 364 g/mol. The van der Waals surface area contributed by atoms with Crippen LogP contribution >= 0.6 is 0 Å².